The first-order valence-corrected chi connectivity index (χ1v) is 4.47. The third-order valence-electron chi connectivity index (χ3n) is 2.38. The summed E-state index contributed by atoms with van der Waals surface area (Å²) in [6.45, 7) is 4.92. The average Bonchev–Trinajstić information content (AvgIpc) is 2.58. The Hall–Kier alpha value is -0.870. The zero-order valence-corrected chi connectivity index (χ0v) is 7.90. The normalized spacial score (nSPS) is 28.2. The molecule has 2 rings (SSSR count). The highest BCUT2D eigenvalue weighted by Crippen LogP contribution is 2.20. The van der Waals surface area contributed by atoms with E-state index in [1.807, 2.05) is 24.6 Å². The van der Waals surface area contributed by atoms with Crippen LogP contribution in [0.25, 0.3) is 0 Å². The molecule has 4 heteroatoms. The van der Waals surface area contributed by atoms with Crippen LogP contribution in [0, 0.1) is 13.8 Å². The SMILES string of the molecule is Cc1cc(C)n(C2COCC2O)n1. The molecule has 1 aliphatic rings. The summed E-state index contributed by atoms with van der Waals surface area (Å²) >= 11 is 0. The summed E-state index contributed by atoms with van der Waals surface area (Å²) in [6.07, 6.45) is -0.419. The molecule has 1 aromatic heterocycles. The molecule has 0 radical (unpaired) electrons. The van der Waals surface area contributed by atoms with Crippen LogP contribution < -0.4 is 0 Å². The van der Waals surface area contributed by atoms with Gasteiger partial charge in [-0.2, -0.15) is 5.10 Å². The molecule has 1 aromatic rings. The van der Waals surface area contributed by atoms with Crippen LogP contribution in [-0.2, 0) is 4.74 Å². The maximum atomic E-state index is 9.59. The number of nitrogens with zero attached hydrogens (tertiary/aromatic N) is 2. The molecule has 0 bridgehead atoms. The molecular formula is C9H14N2O2. The minimum Gasteiger partial charge on any atom is -0.388 e. The number of aliphatic hydroxyl groups is 1. The van der Waals surface area contributed by atoms with Crippen molar-refractivity contribution in [2.75, 3.05) is 13.2 Å². The standard InChI is InChI=1S/C9H14N2O2/c1-6-3-7(2)11(10-6)8-4-13-5-9(8)12/h3,8-9,12H,4-5H2,1-2H3. The van der Waals surface area contributed by atoms with E-state index in [2.05, 4.69) is 5.10 Å². The summed E-state index contributed by atoms with van der Waals surface area (Å²) in [4.78, 5) is 0. The van der Waals surface area contributed by atoms with Crippen LogP contribution >= 0.6 is 0 Å². The van der Waals surface area contributed by atoms with E-state index in [1.165, 1.54) is 0 Å². The number of hydrogen-bond donors (Lipinski definition) is 1. The molecule has 2 unspecified atom stereocenters. The molecule has 1 N–H and O–H groups in total. The monoisotopic (exact) mass is 182 g/mol. The number of rotatable bonds is 1. The lowest BCUT2D eigenvalue weighted by Crippen LogP contribution is -2.23. The van der Waals surface area contributed by atoms with E-state index < -0.39 is 6.10 Å². The fraction of sp³-hybridized carbons (Fsp3) is 0.667. The van der Waals surface area contributed by atoms with Crippen molar-refractivity contribution in [3.05, 3.63) is 17.5 Å². The minimum atomic E-state index is -0.419. The highest BCUT2D eigenvalue weighted by molar-refractivity contribution is 5.08. The van der Waals surface area contributed by atoms with Crippen molar-refractivity contribution in [2.24, 2.45) is 0 Å². The van der Waals surface area contributed by atoms with Gasteiger partial charge in [0, 0.05) is 5.69 Å². The molecule has 0 amide bonds. The van der Waals surface area contributed by atoms with Crippen molar-refractivity contribution in [1.29, 1.82) is 0 Å². The largest absolute Gasteiger partial charge is 0.388 e. The van der Waals surface area contributed by atoms with Gasteiger partial charge in [0.15, 0.2) is 0 Å². The molecule has 72 valence electrons. The lowest BCUT2D eigenvalue weighted by molar-refractivity contribution is 0.117. The second-order valence-electron chi connectivity index (χ2n) is 3.54. The van der Waals surface area contributed by atoms with E-state index in [4.69, 9.17) is 4.74 Å². The van der Waals surface area contributed by atoms with Crippen molar-refractivity contribution in [2.45, 2.75) is 26.0 Å². The van der Waals surface area contributed by atoms with Crippen LogP contribution in [0.1, 0.15) is 17.4 Å². The number of hydrogen-bond acceptors (Lipinski definition) is 3. The van der Waals surface area contributed by atoms with Gasteiger partial charge in [-0.15, -0.1) is 0 Å². The van der Waals surface area contributed by atoms with E-state index in [-0.39, 0.29) is 6.04 Å². The smallest absolute Gasteiger partial charge is 0.104 e. The molecule has 0 saturated carbocycles. The first kappa shape index (κ1) is 8.72. The maximum Gasteiger partial charge on any atom is 0.104 e. The second-order valence-corrected chi connectivity index (χ2v) is 3.54. The first-order chi connectivity index (χ1) is 6.18. The van der Waals surface area contributed by atoms with E-state index in [1.54, 1.807) is 0 Å². The predicted molar refractivity (Wildman–Crippen MR) is 47.6 cm³/mol. The number of aromatic nitrogens is 2. The molecule has 4 nitrogen and oxygen atoms in total. The minimum absolute atomic E-state index is 0.00583. The first-order valence-electron chi connectivity index (χ1n) is 4.47. The quantitative estimate of drug-likeness (QED) is 0.685. The Morgan fingerprint density at radius 3 is 2.77 bits per heavy atom. The van der Waals surface area contributed by atoms with Crippen molar-refractivity contribution in [1.82, 2.24) is 9.78 Å². The van der Waals surface area contributed by atoms with E-state index >= 15 is 0 Å². The third kappa shape index (κ3) is 1.47. The van der Waals surface area contributed by atoms with Crippen molar-refractivity contribution in [3.8, 4) is 0 Å². The summed E-state index contributed by atoms with van der Waals surface area (Å²) < 4.78 is 7.03. The molecule has 1 saturated heterocycles. The summed E-state index contributed by atoms with van der Waals surface area (Å²) in [5.41, 5.74) is 2.06. The Bertz CT molecular complexity index is 309. The summed E-state index contributed by atoms with van der Waals surface area (Å²) in [5, 5.41) is 13.9. The van der Waals surface area contributed by atoms with Gasteiger partial charge in [-0.1, -0.05) is 0 Å². The Labute approximate surface area is 77.1 Å². The fourth-order valence-corrected chi connectivity index (χ4v) is 1.75. The fourth-order valence-electron chi connectivity index (χ4n) is 1.75. The number of ether oxygens (including phenoxy) is 1. The zero-order valence-electron chi connectivity index (χ0n) is 7.90. The van der Waals surface area contributed by atoms with Gasteiger partial charge in [-0.3, -0.25) is 4.68 Å². The van der Waals surface area contributed by atoms with Crippen LogP contribution in [0.2, 0.25) is 0 Å². The van der Waals surface area contributed by atoms with Crippen LogP contribution in [-0.4, -0.2) is 34.2 Å². The molecule has 2 heterocycles. The predicted octanol–water partition coefficient (Wildman–Crippen LogP) is 0.432. The Morgan fingerprint density at radius 2 is 2.31 bits per heavy atom. The Kier molecular flexibility index (Phi) is 2.09. The molecular weight excluding hydrogens is 168 g/mol. The van der Waals surface area contributed by atoms with Crippen molar-refractivity contribution >= 4 is 0 Å². The number of aliphatic hydroxyl groups excluding tert-OH is 1. The Morgan fingerprint density at radius 1 is 1.54 bits per heavy atom. The summed E-state index contributed by atoms with van der Waals surface area (Å²) in [7, 11) is 0. The molecule has 2 atom stereocenters. The topological polar surface area (TPSA) is 47.3 Å². The van der Waals surface area contributed by atoms with Crippen LogP contribution in [0.5, 0.6) is 0 Å². The van der Waals surface area contributed by atoms with Crippen LogP contribution in [0.4, 0.5) is 0 Å². The maximum absolute atomic E-state index is 9.59. The molecule has 0 aliphatic carbocycles. The van der Waals surface area contributed by atoms with Gasteiger partial charge in [0.2, 0.25) is 0 Å². The van der Waals surface area contributed by atoms with E-state index in [0.29, 0.717) is 13.2 Å². The summed E-state index contributed by atoms with van der Waals surface area (Å²) in [5.74, 6) is 0. The van der Waals surface area contributed by atoms with Crippen molar-refractivity contribution in [3.63, 3.8) is 0 Å². The van der Waals surface area contributed by atoms with Gasteiger partial charge >= 0.3 is 0 Å². The van der Waals surface area contributed by atoms with Gasteiger partial charge in [0.25, 0.3) is 0 Å². The zero-order chi connectivity index (χ0) is 9.42. The lowest BCUT2D eigenvalue weighted by atomic mass is 10.2. The third-order valence-corrected chi connectivity index (χ3v) is 2.38. The van der Waals surface area contributed by atoms with E-state index in [9.17, 15) is 5.11 Å². The second kappa shape index (κ2) is 3.12. The highest BCUT2D eigenvalue weighted by Gasteiger charge is 2.29. The van der Waals surface area contributed by atoms with Gasteiger partial charge < -0.3 is 9.84 Å². The van der Waals surface area contributed by atoms with Gasteiger partial charge in [-0.05, 0) is 19.9 Å². The Balaban J connectivity index is 2.28. The molecule has 0 aromatic carbocycles. The molecule has 0 spiro atoms. The van der Waals surface area contributed by atoms with Crippen LogP contribution in [0.15, 0.2) is 6.07 Å². The number of aryl methyl sites for hydroxylation is 2. The van der Waals surface area contributed by atoms with Gasteiger partial charge in [0.05, 0.1) is 18.9 Å². The molecule has 1 fully saturated rings. The van der Waals surface area contributed by atoms with Crippen LogP contribution in [0.3, 0.4) is 0 Å². The van der Waals surface area contributed by atoms with Crippen molar-refractivity contribution < 1.29 is 9.84 Å². The van der Waals surface area contributed by atoms with Gasteiger partial charge in [-0.25, -0.2) is 0 Å². The molecule has 13 heavy (non-hydrogen) atoms. The van der Waals surface area contributed by atoms with Gasteiger partial charge in [0.1, 0.15) is 12.1 Å². The summed E-state index contributed by atoms with van der Waals surface area (Å²) in [6, 6.07) is 2.00. The highest BCUT2D eigenvalue weighted by atomic mass is 16.5. The molecule has 1 aliphatic heterocycles. The average molecular weight is 182 g/mol. The lowest BCUT2D eigenvalue weighted by Gasteiger charge is -2.14. The van der Waals surface area contributed by atoms with E-state index in [0.717, 1.165) is 11.4 Å².